The highest BCUT2D eigenvalue weighted by Gasteiger charge is 2.17. The number of Topliss-reactive ketones (excluding diaryl/α,β-unsaturated/α-hetero) is 1. The summed E-state index contributed by atoms with van der Waals surface area (Å²) in [6.07, 6.45) is 7.15. The van der Waals surface area contributed by atoms with Crippen LogP contribution in [0.2, 0.25) is 0 Å². The molecule has 0 spiro atoms. The van der Waals surface area contributed by atoms with Gasteiger partial charge < -0.3 is 4.74 Å². The highest BCUT2D eigenvalue weighted by molar-refractivity contribution is 5.95. The molecular weight excluding hydrogens is 264 g/mol. The van der Waals surface area contributed by atoms with Gasteiger partial charge in [-0.25, -0.2) is 0 Å². The third kappa shape index (κ3) is 3.52. The lowest BCUT2D eigenvalue weighted by atomic mass is 10.0. The lowest BCUT2D eigenvalue weighted by Crippen LogP contribution is -2.09. The highest BCUT2D eigenvalue weighted by atomic mass is 16.5. The summed E-state index contributed by atoms with van der Waals surface area (Å²) in [6, 6.07) is 9.37. The van der Waals surface area contributed by atoms with Crippen molar-refractivity contribution in [3.8, 4) is 11.4 Å². The number of pyridine rings is 2. The zero-order valence-corrected chi connectivity index (χ0v) is 11.9. The van der Waals surface area contributed by atoms with Gasteiger partial charge in [-0.15, -0.1) is 0 Å². The van der Waals surface area contributed by atoms with E-state index < -0.39 is 0 Å². The Hall–Kier alpha value is -2.07. The van der Waals surface area contributed by atoms with E-state index in [2.05, 4.69) is 9.97 Å². The first-order valence-corrected chi connectivity index (χ1v) is 7.35. The second-order valence-corrected chi connectivity index (χ2v) is 5.24. The summed E-state index contributed by atoms with van der Waals surface area (Å²) in [6.45, 7) is 0.833. The Morgan fingerprint density at radius 2 is 2.10 bits per heavy atom. The molecule has 1 unspecified atom stereocenters. The van der Waals surface area contributed by atoms with Crippen molar-refractivity contribution in [2.75, 3.05) is 6.61 Å². The van der Waals surface area contributed by atoms with E-state index in [1.807, 2.05) is 30.3 Å². The van der Waals surface area contributed by atoms with Crippen molar-refractivity contribution in [3.05, 3.63) is 48.3 Å². The van der Waals surface area contributed by atoms with E-state index in [0.717, 1.165) is 37.3 Å². The Morgan fingerprint density at radius 1 is 1.19 bits per heavy atom. The maximum atomic E-state index is 12.1. The van der Waals surface area contributed by atoms with Crippen molar-refractivity contribution in [2.45, 2.75) is 31.8 Å². The van der Waals surface area contributed by atoms with Crippen LogP contribution in [0.4, 0.5) is 0 Å². The predicted molar refractivity (Wildman–Crippen MR) is 80.0 cm³/mol. The number of nitrogens with zero attached hydrogens (tertiary/aromatic N) is 2. The Bertz CT molecular complexity index is 590. The fraction of sp³-hybridized carbons (Fsp3) is 0.353. The number of ketones is 1. The Balaban J connectivity index is 1.62. The topological polar surface area (TPSA) is 52.1 Å². The molecule has 1 fully saturated rings. The predicted octanol–water partition coefficient (Wildman–Crippen LogP) is 3.29. The van der Waals surface area contributed by atoms with E-state index in [0.29, 0.717) is 12.0 Å². The minimum Gasteiger partial charge on any atom is -0.378 e. The molecule has 2 aromatic rings. The summed E-state index contributed by atoms with van der Waals surface area (Å²) in [5.74, 6) is 0.130. The molecule has 21 heavy (non-hydrogen) atoms. The van der Waals surface area contributed by atoms with Crippen LogP contribution in [0, 0.1) is 0 Å². The molecular formula is C17H18N2O2. The Kier molecular flexibility index (Phi) is 4.36. The molecule has 2 aromatic heterocycles. The lowest BCUT2D eigenvalue weighted by molar-refractivity contribution is 0.0859. The van der Waals surface area contributed by atoms with Crippen molar-refractivity contribution in [1.82, 2.24) is 9.97 Å². The summed E-state index contributed by atoms with van der Waals surface area (Å²) in [7, 11) is 0. The SMILES string of the molecule is O=C(CCC1CCCO1)c1ccc(-c2ccccn2)nc1. The highest BCUT2D eigenvalue weighted by Crippen LogP contribution is 2.19. The van der Waals surface area contributed by atoms with Crippen LogP contribution in [0.15, 0.2) is 42.7 Å². The summed E-state index contributed by atoms with van der Waals surface area (Å²) in [4.78, 5) is 20.7. The van der Waals surface area contributed by atoms with E-state index in [-0.39, 0.29) is 11.9 Å². The van der Waals surface area contributed by atoms with Gasteiger partial charge in [0.2, 0.25) is 0 Å². The number of carbonyl (C=O) groups excluding carboxylic acids is 1. The van der Waals surface area contributed by atoms with Gasteiger partial charge in [0, 0.05) is 31.0 Å². The molecule has 0 saturated carbocycles. The van der Waals surface area contributed by atoms with E-state index in [1.54, 1.807) is 12.4 Å². The van der Waals surface area contributed by atoms with Crippen LogP contribution < -0.4 is 0 Å². The normalized spacial score (nSPS) is 17.8. The van der Waals surface area contributed by atoms with Crippen LogP contribution in [0.1, 0.15) is 36.0 Å². The zero-order chi connectivity index (χ0) is 14.5. The number of carbonyl (C=O) groups is 1. The molecule has 108 valence electrons. The average Bonchev–Trinajstić information content (AvgIpc) is 3.07. The molecule has 0 N–H and O–H groups in total. The maximum absolute atomic E-state index is 12.1. The third-order valence-electron chi connectivity index (χ3n) is 3.73. The monoisotopic (exact) mass is 282 g/mol. The fourth-order valence-corrected chi connectivity index (χ4v) is 2.53. The minimum absolute atomic E-state index is 0.130. The molecule has 0 aliphatic carbocycles. The maximum Gasteiger partial charge on any atom is 0.164 e. The molecule has 0 radical (unpaired) electrons. The summed E-state index contributed by atoms with van der Waals surface area (Å²) in [5.41, 5.74) is 2.26. The minimum atomic E-state index is 0.130. The number of rotatable bonds is 5. The largest absolute Gasteiger partial charge is 0.378 e. The van der Waals surface area contributed by atoms with E-state index >= 15 is 0 Å². The van der Waals surface area contributed by atoms with Gasteiger partial charge in [-0.1, -0.05) is 6.07 Å². The first-order valence-electron chi connectivity index (χ1n) is 7.35. The van der Waals surface area contributed by atoms with Gasteiger partial charge in [-0.3, -0.25) is 14.8 Å². The second kappa shape index (κ2) is 6.59. The van der Waals surface area contributed by atoms with Crippen LogP contribution in [-0.2, 0) is 4.74 Å². The number of hydrogen-bond donors (Lipinski definition) is 0. The molecule has 4 heteroatoms. The van der Waals surface area contributed by atoms with Crippen LogP contribution in [0.5, 0.6) is 0 Å². The van der Waals surface area contributed by atoms with Crippen LogP contribution >= 0.6 is 0 Å². The van der Waals surface area contributed by atoms with Gasteiger partial charge >= 0.3 is 0 Å². The van der Waals surface area contributed by atoms with Crippen molar-refractivity contribution in [1.29, 1.82) is 0 Å². The number of aromatic nitrogens is 2. The summed E-state index contributed by atoms with van der Waals surface area (Å²) in [5, 5.41) is 0. The van der Waals surface area contributed by atoms with Crippen LogP contribution in [0.3, 0.4) is 0 Å². The van der Waals surface area contributed by atoms with E-state index in [4.69, 9.17) is 4.74 Å². The lowest BCUT2D eigenvalue weighted by Gasteiger charge is -2.08. The van der Waals surface area contributed by atoms with Gasteiger partial charge in [0.15, 0.2) is 5.78 Å². The van der Waals surface area contributed by atoms with Gasteiger partial charge in [-0.05, 0) is 43.5 Å². The number of ether oxygens (including phenoxy) is 1. The molecule has 4 nitrogen and oxygen atoms in total. The fourth-order valence-electron chi connectivity index (χ4n) is 2.53. The number of hydrogen-bond acceptors (Lipinski definition) is 4. The van der Waals surface area contributed by atoms with Gasteiger partial charge in [0.1, 0.15) is 0 Å². The van der Waals surface area contributed by atoms with Gasteiger partial charge in [0.05, 0.1) is 17.5 Å². The van der Waals surface area contributed by atoms with Crippen LogP contribution in [0.25, 0.3) is 11.4 Å². The third-order valence-corrected chi connectivity index (χ3v) is 3.73. The molecule has 0 bridgehead atoms. The summed E-state index contributed by atoms with van der Waals surface area (Å²) < 4.78 is 5.54. The van der Waals surface area contributed by atoms with Crippen molar-refractivity contribution < 1.29 is 9.53 Å². The standard InChI is InChI=1S/C17H18N2O2/c20-17(9-7-14-4-3-11-21-14)13-6-8-16(19-12-13)15-5-1-2-10-18-15/h1-2,5-6,8,10,12,14H,3-4,7,9,11H2. The average molecular weight is 282 g/mol. The molecule has 0 amide bonds. The zero-order valence-electron chi connectivity index (χ0n) is 11.9. The second-order valence-electron chi connectivity index (χ2n) is 5.24. The Morgan fingerprint density at radius 3 is 2.76 bits per heavy atom. The van der Waals surface area contributed by atoms with E-state index in [9.17, 15) is 4.79 Å². The molecule has 0 aromatic carbocycles. The summed E-state index contributed by atoms with van der Waals surface area (Å²) >= 11 is 0. The molecule has 1 saturated heterocycles. The Labute approximate surface area is 124 Å². The van der Waals surface area contributed by atoms with Crippen molar-refractivity contribution in [3.63, 3.8) is 0 Å². The van der Waals surface area contributed by atoms with Crippen molar-refractivity contribution in [2.24, 2.45) is 0 Å². The smallest absolute Gasteiger partial charge is 0.164 e. The quantitative estimate of drug-likeness (QED) is 0.790. The van der Waals surface area contributed by atoms with Crippen molar-refractivity contribution >= 4 is 5.78 Å². The molecule has 3 rings (SSSR count). The van der Waals surface area contributed by atoms with Crippen LogP contribution in [-0.4, -0.2) is 28.5 Å². The first-order chi connectivity index (χ1) is 10.3. The molecule has 1 atom stereocenters. The molecule has 1 aliphatic heterocycles. The van der Waals surface area contributed by atoms with E-state index in [1.165, 1.54) is 0 Å². The molecule has 1 aliphatic rings. The van der Waals surface area contributed by atoms with Gasteiger partial charge in [-0.2, -0.15) is 0 Å². The first kappa shape index (κ1) is 13.9. The molecule has 3 heterocycles. The van der Waals surface area contributed by atoms with Gasteiger partial charge in [0.25, 0.3) is 0 Å².